The van der Waals surface area contributed by atoms with Crippen molar-refractivity contribution in [1.82, 2.24) is 15.2 Å². The fraction of sp³-hybridized carbons (Fsp3) is 0.611. The number of nitrogens with two attached hydrogens (primary N) is 1. The number of nitrogens with zero attached hydrogens (tertiary/aromatic N) is 3. The average molecular weight is 475 g/mol. The molecule has 7 nitrogen and oxygen atoms in total. The van der Waals surface area contributed by atoms with Crippen LogP contribution >= 0.6 is 24.0 Å². The largest absolute Gasteiger partial charge is 0.478 e. The Labute approximate surface area is 172 Å². The number of halogens is 1. The van der Waals surface area contributed by atoms with Crippen LogP contribution in [0, 0.1) is 5.92 Å². The van der Waals surface area contributed by atoms with Crippen molar-refractivity contribution in [1.29, 1.82) is 0 Å². The number of amides is 1. The van der Waals surface area contributed by atoms with Crippen LogP contribution in [-0.4, -0.2) is 48.5 Å². The van der Waals surface area contributed by atoms with E-state index in [0.717, 1.165) is 43.9 Å². The van der Waals surface area contributed by atoms with Crippen molar-refractivity contribution in [2.24, 2.45) is 16.6 Å². The monoisotopic (exact) mass is 475 g/mol. The lowest BCUT2D eigenvalue weighted by Crippen LogP contribution is -2.46. The van der Waals surface area contributed by atoms with Gasteiger partial charge in [0.1, 0.15) is 0 Å². The van der Waals surface area contributed by atoms with Crippen LogP contribution in [0.1, 0.15) is 38.2 Å². The molecule has 26 heavy (non-hydrogen) atoms. The van der Waals surface area contributed by atoms with E-state index in [-0.39, 0.29) is 29.9 Å². The van der Waals surface area contributed by atoms with Gasteiger partial charge in [0.15, 0.2) is 5.96 Å². The van der Waals surface area contributed by atoms with Crippen molar-refractivity contribution >= 4 is 35.8 Å². The van der Waals surface area contributed by atoms with Gasteiger partial charge in [-0.3, -0.25) is 9.79 Å². The van der Waals surface area contributed by atoms with Gasteiger partial charge in [-0.2, -0.15) is 0 Å². The molecule has 1 unspecified atom stereocenters. The zero-order valence-electron chi connectivity index (χ0n) is 15.6. The van der Waals surface area contributed by atoms with Crippen molar-refractivity contribution in [3.8, 4) is 5.88 Å². The highest BCUT2D eigenvalue weighted by molar-refractivity contribution is 14.0. The van der Waals surface area contributed by atoms with Crippen LogP contribution in [0.3, 0.4) is 0 Å². The molecule has 1 aliphatic rings. The lowest BCUT2D eigenvalue weighted by atomic mass is 9.95. The lowest BCUT2D eigenvalue weighted by Gasteiger charge is -2.34. The van der Waals surface area contributed by atoms with Gasteiger partial charge < -0.3 is 20.7 Å². The highest BCUT2D eigenvalue weighted by atomic mass is 127. The van der Waals surface area contributed by atoms with Crippen molar-refractivity contribution in [3.05, 3.63) is 23.9 Å². The van der Waals surface area contributed by atoms with Gasteiger partial charge in [-0.15, -0.1) is 24.0 Å². The summed E-state index contributed by atoms with van der Waals surface area (Å²) >= 11 is 0. The smallest absolute Gasteiger partial charge is 0.217 e. The number of aliphatic imine (C=N–C) groups is 1. The minimum Gasteiger partial charge on any atom is -0.478 e. The molecule has 2 heterocycles. The molecular weight excluding hydrogens is 445 g/mol. The summed E-state index contributed by atoms with van der Waals surface area (Å²) in [6.45, 7) is 5.14. The lowest BCUT2D eigenvalue weighted by molar-refractivity contribution is -0.119. The number of rotatable bonds is 7. The van der Waals surface area contributed by atoms with Gasteiger partial charge in [-0.25, -0.2) is 4.98 Å². The zero-order valence-corrected chi connectivity index (χ0v) is 17.9. The number of carbonyl (C=O) groups is 1. The van der Waals surface area contributed by atoms with E-state index in [4.69, 9.17) is 10.5 Å². The Bertz CT molecular complexity index is 579. The molecule has 0 aliphatic carbocycles. The van der Waals surface area contributed by atoms with E-state index in [1.165, 1.54) is 0 Å². The fourth-order valence-electron chi connectivity index (χ4n) is 3.03. The Balaban J connectivity index is 0.00000338. The maximum Gasteiger partial charge on any atom is 0.217 e. The Kier molecular flexibility index (Phi) is 10.3. The van der Waals surface area contributed by atoms with Gasteiger partial charge >= 0.3 is 0 Å². The van der Waals surface area contributed by atoms with Crippen molar-refractivity contribution in [3.63, 3.8) is 0 Å². The highest BCUT2D eigenvalue weighted by Crippen LogP contribution is 2.19. The summed E-state index contributed by atoms with van der Waals surface area (Å²) in [5, 5.41) is 3.37. The molecular formula is C18H30IN5O2. The summed E-state index contributed by atoms with van der Waals surface area (Å²) in [5.41, 5.74) is 6.40. The van der Waals surface area contributed by atoms with Crippen molar-refractivity contribution in [2.75, 3.05) is 26.7 Å². The van der Waals surface area contributed by atoms with E-state index >= 15 is 0 Å². The summed E-state index contributed by atoms with van der Waals surface area (Å²) in [6, 6.07) is 3.89. The van der Waals surface area contributed by atoms with Crippen LogP contribution in [0.4, 0.5) is 0 Å². The number of carbonyl (C=O) groups excluding carboxylic acids is 1. The molecule has 146 valence electrons. The predicted molar refractivity (Wildman–Crippen MR) is 114 cm³/mol. The first-order valence-electron chi connectivity index (χ1n) is 8.94. The van der Waals surface area contributed by atoms with Gasteiger partial charge in [-0.1, -0.05) is 13.0 Å². The summed E-state index contributed by atoms with van der Waals surface area (Å²) in [6.07, 6.45) is 5.31. The Morgan fingerprint density at radius 3 is 2.92 bits per heavy atom. The second-order valence-electron chi connectivity index (χ2n) is 6.38. The molecule has 0 radical (unpaired) electrons. The number of piperidine rings is 1. The first kappa shape index (κ1) is 22.5. The van der Waals surface area contributed by atoms with Gasteiger partial charge in [0, 0.05) is 45.4 Å². The second-order valence-corrected chi connectivity index (χ2v) is 6.38. The number of likely N-dealkylation sites (tertiary alicyclic amines) is 1. The molecule has 1 atom stereocenters. The van der Waals surface area contributed by atoms with Crippen LogP contribution in [0.5, 0.6) is 5.88 Å². The number of guanidine groups is 1. The molecule has 0 aromatic carbocycles. The average Bonchev–Trinajstić information content (AvgIpc) is 2.61. The summed E-state index contributed by atoms with van der Waals surface area (Å²) in [7, 11) is 1.78. The van der Waals surface area contributed by atoms with Crippen LogP contribution in [0.25, 0.3) is 0 Å². The van der Waals surface area contributed by atoms with Crippen molar-refractivity contribution < 1.29 is 9.53 Å². The number of primary amides is 1. The molecule has 1 aromatic heterocycles. The number of hydrogen-bond acceptors (Lipinski definition) is 4. The topological polar surface area (TPSA) is 92.8 Å². The molecule has 1 aromatic rings. The number of hydrogen-bond donors (Lipinski definition) is 2. The van der Waals surface area contributed by atoms with Crippen LogP contribution in [0.2, 0.25) is 0 Å². The van der Waals surface area contributed by atoms with E-state index in [2.05, 4.69) is 27.1 Å². The molecule has 1 amide bonds. The van der Waals surface area contributed by atoms with E-state index in [1.807, 2.05) is 18.3 Å². The van der Waals surface area contributed by atoms with E-state index in [0.29, 0.717) is 31.4 Å². The quantitative estimate of drug-likeness (QED) is 0.358. The summed E-state index contributed by atoms with van der Waals surface area (Å²) in [5.74, 6) is 1.58. The maximum atomic E-state index is 11.2. The van der Waals surface area contributed by atoms with E-state index in [9.17, 15) is 4.79 Å². The number of ether oxygens (including phenoxy) is 1. The fourth-order valence-corrected chi connectivity index (χ4v) is 3.03. The molecule has 1 saturated heterocycles. The van der Waals surface area contributed by atoms with Crippen LogP contribution < -0.4 is 15.8 Å². The first-order valence-corrected chi connectivity index (χ1v) is 8.94. The zero-order chi connectivity index (χ0) is 18.1. The molecule has 0 spiro atoms. The second kappa shape index (κ2) is 11.9. The molecule has 1 aliphatic heterocycles. The van der Waals surface area contributed by atoms with Gasteiger partial charge in [0.25, 0.3) is 0 Å². The Morgan fingerprint density at radius 2 is 2.31 bits per heavy atom. The van der Waals surface area contributed by atoms with Crippen molar-refractivity contribution in [2.45, 2.75) is 39.2 Å². The molecule has 0 saturated carbocycles. The minimum atomic E-state index is -0.230. The summed E-state index contributed by atoms with van der Waals surface area (Å²) in [4.78, 5) is 22.0. The molecule has 2 rings (SSSR count). The molecule has 8 heteroatoms. The Hall–Kier alpha value is -1.58. The number of pyridine rings is 1. The standard InChI is InChI=1S/C18H29N5O2.HI/c1-3-9-25-17-7-6-15(11-21-17)12-22-18(20-2)23-8-4-5-14(13-23)10-16(19)24;/h6-7,11,14H,3-5,8-10,12-13H2,1-2H3,(H2,19,24)(H,20,22);1H. The third-order valence-corrected chi connectivity index (χ3v) is 4.22. The highest BCUT2D eigenvalue weighted by Gasteiger charge is 2.23. The van der Waals surface area contributed by atoms with E-state index < -0.39 is 0 Å². The maximum absolute atomic E-state index is 11.2. The third kappa shape index (κ3) is 7.35. The molecule has 3 N–H and O–H groups in total. The van der Waals surface area contributed by atoms with Crippen LogP contribution in [0.15, 0.2) is 23.3 Å². The normalized spacial score (nSPS) is 17.4. The third-order valence-electron chi connectivity index (χ3n) is 4.22. The van der Waals surface area contributed by atoms with Gasteiger partial charge in [0.05, 0.1) is 6.61 Å². The number of nitrogens with one attached hydrogen (secondary N) is 1. The predicted octanol–water partition coefficient (Wildman–Crippen LogP) is 2.15. The SMILES string of the molecule is CCCOc1ccc(CNC(=NC)N2CCCC(CC(N)=O)C2)cn1.I. The Morgan fingerprint density at radius 1 is 1.50 bits per heavy atom. The molecule has 0 bridgehead atoms. The minimum absolute atomic E-state index is 0. The number of aromatic nitrogens is 1. The van der Waals surface area contributed by atoms with Gasteiger partial charge in [0.2, 0.25) is 11.8 Å². The summed E-state index contributed by atoms with van der Waals surface area (Å²) < 4.78 is 5.49. The van der Waals surface area contributed by atoms with E-state index in [1.54, 1.807) is 7.05 Å². The molecule has 1 fully saturated rings. The first-order chi connectivity index (χ1) is 12.1. The van der Waals surface area contributed by atoms with Crippen LogP contribution in [-0.2, 0) is 11.3 Å². The van der Waals surface area contributed by atoms with Gasteiger partial charge in [-0.05, 0) is 30.7 Å².